The number of thiocarbonyl (C=S) groups is 1. The summed E-state index contributed by atoms with van der Waals surface area (Å²) in [6, 6.07) is 14.8. The van der Waals surface area contributed by atoms with Crippen LogP contribution in [0.1, 0.15) is 5.89 Å². The molecule has 134 valence electrons. The summed E-state index contributed by atoms with van der Waals surface area (Å²) < 4.78 is 10.5. The van der Waals surface area contributed by atoms with E-state index in [1.54, 1.807) is 19.2 Å². The first-order chi connectivity index (χ1) is 12.5. The van der Waals surface area contributed by atoms with Gasteiger partial charge in [-0.25, -0.2) is 0 Å². The minimum Gasteiger partial charge on any atom is -0.497 e. The molecule has 0 amide bonds. The van der Waals surface area contributed by atoms with Gasteiger partial charge < -0.3 is 19.5 Å². The fraction of sp³-hybridized carbons (Fsp3) is 0.167. The van der Waals surface area contributed by atoms with Gasteiger partial charge in [-0.1, -0.05) is 28.9 Å². The van der Waals surface area contributed by atoms with Crippen molar-refractivity contribution >= 4 is 34.6 Å². The number of rotatable bonds is 5. The molecule has 0 saturated heterocycles. The number of anilines is 1. The van der Waals surface area contributed by atoms with Gasteiger partial charge in [0.1, 0.15) is 5.75 Å². The highest BCUT2D eigenvalue weighted by atomic mass is 35.5. The van der Waals surface area contributed by atoms with Gasteiger partial charge in [0.2, 0.25) is 11.7 Å². The molecule has 2 aromatic carbocycles. The highest BCUT2D eigenvalue weighted by Crippen LogP contribution is 2.21. The summed E-state index contributed by atoms with van der Waals surface area (Å²) in [5.74, 6) is 1.70. The number of aromatic nitrogens is 2. The highest BCUT2D eigenvalue weighted by Gasteiger charge is 2.13. The third-order valence-electron chi connectivity index (χ3n) is 3.61. The number of hydrogen-bond donors (Lipinski definition) is 1. The lowest BCUT2D eigenvalue weighted by Gasteiger charge is -2.19. The molecular weight excluding hydrogens is 372 g/mol. The SMILES string of the molecule is COc1cccc(-c2noc(CN(C)C(=S)Nc3ccc(Cl)cc3)n2)c1. The van der Waals surface area contributed by atoms with Crippen molar-refractivity contribution in [1.29, 1.82) is 0 Å². The maximum absolute atomic E-state index is 5.88. The number of nitrogens with zero attached hydrogens (tertiary/aromatic N) is 3. The molecule has 8 heteroatoms. The fourth-order valence-corrected chi connectivity index (χ4v) is 2.53. The van der Waals surface area contributed by atoms with Gasteiger partial charge >= 0.3 is 0 Å². The quantitative estimate of drug-likeness (QED) is 0.656. The van der Waals surface area contributed by atoms with Gasteiger partial charge in [-0.2, -0.15) is 4.98 Å². The monoisotopic (exact) mass is 388 g/mol. The Kier molecular flexibility index (Phi) is 5.70. The number of methoxy groups -OCH3 is 1. The highest BCUT2D eigenvalue weighted by molar-refractivity contribution is 7.80. The van der Waals surface area contributed by atoms with Gasteiger partial charge in [0.15, 0.2) is 5.11 Å². The van der Waals surface area contributed by atoms with Crippen LogP contribution in [0.5, 0.6) is 5.75 Å². The molecule has 1 N–H and O–H groups in total. The zero-order valence-electron chi connectivity index (χ0n) is 14.3. The van der Waals surface area contributed by atoms with Gasteiger partial charge in [-0.15, -0.1) is 0 Å². The predicted octanol–water partition coefficient (Wildman–Crippen LogP) is 4.23. The second kappa shape index (κ2) is 8.16. The lowest BCUT2D eigenvalue weighted by Crippen LogP contribution is -2.30. The molecule has 3 aromatic rings. The van der Waals surface area contributed by atoms with E-state index in [4.69, 9.17) is 33.1 Å². The van der Waals surface area contributed by atoms with Crippen molar-refractivity contribution < 1.29 is 9.26 Å². The molecule has 0 aliphatic heterocycles. The van der Waals surface area contributed by atoms with Crippen molar-refractivity contribution in [3.05, 3.63) is 59.4 Å². The average Bonchev–Trinajstić information content (AvgIpc) is 3.12. The summed E-state index contributed by atoms with van der Waals surface area (Å²) in [7, 11) is 3.46. The van der Waals surface area contributed by atoms with Gasteiger partial charge in [-0.05, 0) is 48.6 Å². The molecule has 0 aliphatic carbocycles. The third-order valence-corrected chi connectivity index (χ3v) is 4.28. The van der Waals surface area contributed by atoms with Crippen LogP contribution in [-0.2, 0) is 6.54 Å². The molecular formula is C18H17ClN4O2S. The Morgan fingerprint density at radius 1 is 1.27 bits per heavy atom. The van der Waals surface area contributed by atoms with E-state index in [1.807, 2.05) is 48.3 Å². The fourth-order valence-electron chi connectivity index (χ4n) is 2.23. The van der Waals surface area contributed by atoms with E-state index in [9.17, 15) is 0 Å². The normalized spacial score (nSPS) is 10.4. The zero-order valence-corrected chi connectivity index (χ0v) is 15.8. The average molecular weight is 389 g/mol. The number of halogens is 1. The molecule has 6 nitrogen and oxygen atoms in total. The van der Waals surface area contributed by atoms with Gasteiger partial charge in [-0.3, -0.25) is 0 Å². The Labute approximate surface area is 161 Å². The van der Waals surface area contributed by atoms with Crippen LogP contribution in [0.4, 0.5) is 5.69 Å². The molecule has 0 saturated carbocycles. The molecule has 0 bridgehead atoms. The molecule has 26 heavy (non-hydrogen) atoms. The third kappa shape index (κ3) is 4.50. The van der Waals surface area contributed by atoms with Gasteiger partial charge in [0.25, 0.3) is 0 Å². The topological polar surface area (TPSA) is 63.4 Å². The first-order valence-corrected chi connectivity index (χ1v) is 8.58. The Bertz CT molecular complexity index is 898. The van der Waals surface area contributed by atoms with Gasteiger partial charge in [0.05, 0.1) is 13.7 Å². The molecule has 0 spiro atoms. The number of hydrogen-bond acceptors (Lipinski definition) is 5. The summed E-state index contributed by atoms with van der Waals surface area (Å²) in [5.41, 5.74) is 1.68. The molecule has 0 atom stereocenters. The van der Waals surface area contributed by atoms with Crippen LogP contribution in [0.25, 0.3) is 11.4 Å². The standard InChI is InChI=1S/C18H17ClN4O2S/c1-23(18(26)20-14-8-6-13(19)7-9-14)11-16-21-17(22-25-16)12-4-3-5-15(10-12)24-2/h3-10H,11H2,1-2H3,(H,20,26). The largest absolute Gasteiger partial charge is 0.497 e. The molecule has 0 radical (unpaired) electrons. The Morgan fingerprint density at radius 2 is 2.04 bits per heavy atom. The van der Waals surface area contributed by atoms with E-state index < -0.39 is 0 Å². The zero-order chi connectivity index (χ0) is 18.5. The van der Waals surface area contributed by atoms with E-state index in [0.29, 0.717) is 28.4 Å². The van der Waals surface area contributed by atoms with Crippen LogP contribution in [-0.4, -0.2) is 34.3 Å². The lowest BCUT2D eigenvalue weighted by atomic mass is 10.2. The van der Waals surface area contributed by atoms with E-state index >= 15 is 0 Å². The van der Waals surface area contributed by atoms with E-state index in [2.05, 4.69) is 15.5 Å². The Balaban J connectivity index is 1.64. The van der Waals surface area contributed by atoms with E-state index in [1.165, 1.54) is 0 Å². The number of benzene rings is 2. The maximum Gasteiger partial charge on any atom is 0.246 e. The van der Waals surface area contributed by atoms with E-state index in [0.717, 1.165) is 17.0 Å². The van der Waals surface area contributed by atoms with Crippen molar-refractivity contribution in [2.24, 2.45) is 0 Å². The van der Waals surface area contributed by atoms with Crippen LogP contribution in [0.15, 0.2) is 53.1 Å². The van der Waals surface area contributed by atoms with Crippen LogP contribution < -0.4 is 10.1 Å². The molecule has 3 rings (SSSR count). The van der Waals surface area contributed by atoms with Crippen molar-refractivity contribution in [2.45, 2.75) is 6.54 Å². The maximum atomic E-state index is 5.88. The van der Waals surface area contributed by atoms with Crippen LogP contribution in [0.3, 0.4) is 0 Å². The predicted molar refractivity (Wildman–Crippen MR) is 105 cm³/mol. The Morgan fingerprint density at radius 3 is 2.77 bits per heavy atom. The van der Waals surface area contributed by atoms with Crippen LogP contribution in [0, 0.1) is 0 Å². The second-order valence-corrected chi connectivity index (χ2v) is 6.36. The molecule has 0 fully saturated rings. The summed E-state index contributed by atoms with van der Waals surface area (Å²) in [5, 5.41) is 8.36. The summed E-state index contributed by atoms with van der Waals surface area (Å²) >= 11 is 11.3. The van der Waals surface area contributed by atoms with Crippen molar-refractivity contribution in [2.75, 3.05) is 19.5 Å². The Hall–Kier alpha value is -2.64. The van der Waals surface area contributed by atoms with Crippen molar-refractivity contribution in [3.63, 3.8) is 0 Å². The molecule has 0 unspecified atom stereocenters. The summed E-state index contributed by atoms with van der Waals surface area (Å²) in [6.45, 7) is 0.385. The van der Waals surface area contributed by atoms with Gasteiger partial charge in [0, 0.05) is 23.3 Å². The first kappa shape index (κ1) is 18.2. The molecule has 1 heterocycles. The number of nitrogens with one attached hydrogen (secondary N) is 1. The van der Waals surface area contributed by atoms with Crippen LogP contribution in [0.2, 0.25) is 5.02 Å². The summed E-state index contributed by atoms with van der Waals surface area (Å²) in [4.78, 5) is 6.23. The molecule has 1 aromatic heterocycles. The van der Waals surface area contributed by atoms with Crippen molar-refractivity contribution in [3.8, 4) is 17.1 Å². The van der Waals surface area contributed by atoms with Crippen molar-refractivity contribution in [1.82, 2.24) is 15.0 Å². The smallest absolute Gasteiger partial charge is 0.246 e. The molecule has 0 aliphatic rings. The lowest BCUT2D eigenvalue weighted by molar-refractivity contribution is 0.336. The first-order valence-electron chi connectivity index (χ1n) is 7.80. The second-order valence-electron chi connectivity index (χ2n) is 5.54. The summed E-state index contributed by atoms with van der Waals surface area (Å²) in [6.07, 6.45) is 0. The minimum atomic E-state index is 0.385. The minimum absolute atomic E-state index is 0.385. The number of ether oxygens (including phenoxy) is 1. The van der Waals surface area contributed by atoms with E-state index in [-0.39, 0.29) is 0 Å². The van der Waals surface area contributed by atoms with Crippen LogP contribution >= 0.6 is 23.8 Å².